The van der Waals surface area contributed by atoms with Crippen molar-refractivity contribution in [2.45, 2.75) is 18.2 Å². The first kappa shape index (κ1) is 13.6. The van der Waals surface area contributed by atoms with Crippen molar-refractivity contribution >= 4 is 17.7 Å². The average molecular weight is 267 g/mol. The van der Waals surface area contributed by atoms with Crippen LogP contribution in [0.4, 0.5) is 18.0 Å². The van der Waals surface area contributed by atoms with E-state index in [0.717, 1.165) is 0 Å². The van der Waals surface area contributed by atoms with Crippen LogP contribution in [0.1, 0.15) is 5.56 Å². The Hall–Kier alpha value is -1.43. The Labute approximate surface area is 100 Å². The number of hydrogen-bond donors (Lipinski definition) is 0. The zero-order valence-electron chi connectivity index (χ0n) is 8.45. The second-order valence-corrected chi connectivity index (χ2v) is 3.67. The molecule has 0 saturated heterocycles. The van der Waals surface area contributed by atoms with Crippen molar-refractivity contribution in [3.05, 3.63) is 35.9 Å². The van der Waals surface area contributed by atoms with Crippen molar-refractivity contribution in [1.29, 1.82) is 0 Å². The van der Waals surface area contributed by atoms with Crippen molar-refractivity contribution < 1.29 is 23.1 Å². The summed E-state index contributed by atoms with van der Waals surface area (Å²) >= 11 is 5.05. The lowest BCUT2D eigenvalue weighted by Crippen LogP contribution is -2.50. The van der Waals surface area contributed by atoms with Gasteiger partial charge in [0.2, 0.25) is 5.50 Å². The van der Waals surface area contributed by atoms with Crippen molar-refractivity contribution in [3.8, 4) is 0 Å². The maximum absolute atomic E-state index is 12.3. The van der Waals surface area contributed by atoms with E-state index in [1.54, 1.807) is 18.2 Å². The molecule has 1 rings (SSSR count). The normalized spacial score (nSPS) is 13.2. The highest BCUT2D eigenvalue weighted by molar-refractivity contribution is 6.21. The molecule has 1 amide bonds. The van der Waals surface area contributed by atoms with Gasteiger partial charge in [0.15, 0.2) is 0 Å². The Bertz CT molecular complexity index is 383. The second kappa shape index (κ2) is 5.27. The molecule has 0 radical (unpaired) electrons. The van der Waals surface area contributed by atoms with Crippen molar-refractivity contribution in [2.24, 2.45) is 0 Å². The average Bonchev–Trinajstić information content (AvgIpc) is 2.24. The Morgan fingerprint density at radius 1 is 1.35 bits per heavy atom. The smallest absolute Gasteiger partial charge is 0.423 e. The highest BCUT2D eigenvalue weighted by Crippen LogP contribution is 2.28. The van der Waals surface area contributed by atoms with E-state index in [2.05, 4.69) is 0 Å². The molecule has 0 N–H and O–H groups in total. The summed E-state index contributed by atoms with van der Waals surface area (Å²) in [5.74, 6) is 0. The topological polar surface area (TPSA) is 43.4 Å². The van der Waals surface area contributed by atoms with Crippen LogP contribution in [0.3, 0.4) is 0 Å². The molecule has 1 aromatic rings. The van der Waals surface area contributed by atoms with Crippen LogP contribution in [0.25, 0.3) is 0 Å². The molecule has 0 bridgehead atoms. The third-order valence-electron chi connectivity index (χ3n) is 1.97. The Morgan fingerprint density at radius 3 is 2.29 bits per heavy atom. The minimum absolute atomic E-state index is 0.0247. The van der Waals surface area contributed by atoms with Gasteiger partial charge in [0.05, 0.1) is 0 Å². The van der Waals surface area contributed by atoms with Gasteiger partial charge in [-0.1, -0.05) is 41.9 Å². The van der Waals surface area contributed by atoms with Crippen LogP contribution in [0.5, 0.6) is 0 Å². The molecule has 0 saturated carbocycles. The van der Waals surface area contributed by atoms with Gasteiger partial charge in [-0.15, -0.1) is 0 Å². The lowest BCUT2D eigenvalue weighted by Gasteiger charge is -2.31. The SMILES string of the molecule is O=C([O-])N(Cc1ccccc1)C(Cl)C(F)(F)F. The van der Waals surface area contributed by atoms with E-state index in [0.29, 0.717) is 5.56 Å². The number of carbonyl (C=O) groups is 1. The molecule has 0 fully saturated rings. The summed E-state index contributed by atoms with van der Waals surface area (Å²) in [5, 5.41) is 10.6. The van der Waals surface area contributed by atoms with E-state index in [-0.39, 0.29) is 4.90 Å². The highest BCUT2D eigenvalue weighted by atomic mass is 35.5. The minimum Gasteiger partial charge on any atom is -0.530 e. The number of hydrogen-bond acceptors (Lipinski definition) is 2. The standard InChI is InChI=1S/C10H9ClF3NO2/c11-8(10(12,13)14)15(9(16)17)6-7-4-2-1-3-5-7/h1-5,8H,6H2,(H,16,17)/p-1. The Balaban J connectivity index is 2.85. The van der Waals surface area contributed by atoms with E-state index in [9.17, 15) is 23.1 Å². The largest absolute Gasteiger partial charge is 0.530 e. The third-order valence-corrected chi connectivity index (χ3v) is 2.46. The molecule has 7 heteroatoms. The number of nitrogens with zero attached hydrogens (tertiary/aromatic N) is 1. The van der Waals surface area contributed by atoms with E-state index in [1.165, 1.54) is 12.1 Å². The summed E-state index contributed by atoms with van der Waals surface area (Å²) in [6, 6.07) is 7.82. The fraction of sp³-hybridized carbons (Fsp3) is 0.300. The summed E-state index contributed by atoms with van der Waals surface area (Å²) in [6.45, 7) is -0.475. The molecule has 3 nitrogen and oxygen atoms in total. The van der Waals surface area contributed by atoms with E-state index in [4.69, 9.17) is 11.6 Å². The van der Waals surface area contributed by atoms with Gasteiger partial charge in [0, 0.05) is 6.54 Å². The molecule has 0 aliphatic heterocycles. The molecule has 0 heterocycles. The van der Waals surface area contributed by atoms with Crippen LogP contribution < -0.4 is 5.11 Å². The van der Waals surface area contributed by atoms with Gasteiger partial charge in [-0.25, -0.2) is 0 Å². The molecule has 94 valence electrons. The number of halogens is 4. The van der Waals surface area contributed by atoms with Crippen LogP contribution in [-0.4, -0.2) is 22.7 Å². The second-order valence-electron chi connectivity index (χ2n) is 3.26. The quantitative estimate of drug-likeness (QED) is 0.620. The van der Waals surface area contributed by atoms with Crippen LogP contribution in [-0.2, 0) is 6.54 Å². The van der Waals surface area contributed by atoms with E-state index < -0.39 is 24.3 Å². The molecule has 17 heavy (non-hydrogen) atoms. The van der Waals surface area contributed by atoms with Crippen molar-refractivity contribution in [2.75, 3.05) is 0 Å². The van der Waals surface area contributed by atoms with Gasteiger partial charge in [0.1, 0.15) is 6.09 Å². The molecule has 0 spiro atoms. The van der Waals surface area contributed by atoms with Gasteiger partial charge in [-0.2, -0.15) is 13.2 Å². The number of amides is 1. The molecule has 1 unspecified atom stereocenters. The summed E-state index contributed by atoms with van der Waals surface area (Å²) in [7, 11) is 0. The monoisotopic (exact) mass is 266 g/mol. The van der Waals surface area contributed by atoms with Gasteiger partial charge in [-0.3, -0.25) is 0 Å². The zero-order chi connectivity index (χ0) is 13.1. The number of benzene rings is 1. The predicted molar refractivity (Wildman–Crippen MR) is 53.1 cm³/mol. The highest BCUT2D eigenvalue weighted by Gasteiger charge is 2.42. The van der Waals surface area contributed by atoms with Crippen molar-refractivity contribution in [1.82, 2.24) is 4.90 Å². The summed E-state index contributed by atoms with van der Waals surface area (Å²) in [5.41, 5.74) is -2.22. The van der Waals surface area contributed by atoms with E-state index in [1.807, 2.05) is 0 Å². The number of carbonyl (C=O) groups excluding carboxylic acids is 1. The maximum atomic E-state index is 12.3. The van der Waals surface area contributed by atoms with Crippen molar-refractivity contribution in [3.63, 3.8) is 0 Å². The Morgan fingerprint density at radius 2 is 1.88 bits per heavy atom. The first-order valence-corrected chi connectivity index (χ1v) is 4.98. The molecule has 0 aliphatic carbocycles. The summed E-state index contributed by atoms with van der Waals surface area (Å²) < 4.78 is 36.9. The predicted octanol–water partition coefficient (Wildman–Crippen LogP) is 1.96. The molecule has 0 aromatic heterocycles. The summed E-state index contributed by atoms with van der Waals surface area (Å²) in [4.78, 5) is 10.6. The molecular weight excluding hydrogens is 259 g/mol. The zero-order valence-corrected chi connectivity index (χ0v) is 9.20. The van der Waals surface area contributed by atoms with Gasteiger partial charge in [0.25, 0.3) is 0 Å². The van der Waals surface area contributed by atoms with Crippen LogP contribution in [0.15, 0.2) is 30.3 Å². The minimum atomic E-state index is -4.84. The fourth-order valence-corrected chi connectivity index (χ4v) is 1.34. The number of rotatable bonds is 3. The van der Waals surface area contributed by atoms with Crippen LogP contribution >= 0.6 is 11.6 Å². The summed E-state index contributed by atoms with van der Waals surface area (Å²) in [6.07, 6.45) is -6.80. The fourth-order valence-electron chi connectivity index (χ4n) is 1.19. The van der Waals surface area contributed by atoms with Crippen LogP contribution in [0.2, 0.25) is 0 Å². The van der Waals surface area contributed by atoms with Gasteiger partial charge >= 0.3 is 6.18 Å². The lowest BCUT2D eigenvalue weighted by atomic mass is 10.2. The molecule has 0 aliphatic rings. The number of carboxylic acid groups (broad SMARTS) is 1. The maximum Gasteiger partial charge on any atom is 0.423 e. The first-order valence-electron chi connectivity index (χ1n) is 4.54. The molecule has 1 aromatic carbocycles. The molecule has 1 atom stereocenters. The lowest BCUT2D eigenvalue weighted by molar-refractivity contribution is -0.275. The molecular formula is C10H8ClF3NO2-. The van der Waals surface area contributed by atoms with Gasteiger partial charge < -0.3 is 14.8 Å². The van der Waals surface area contributed by atoms with Crippen LogP contribution in [0, 0.1) is 0 Å². The third kappa shape index (κ3) is 3.81. The first-order chi connectivity index (χ1) is 7.82. The number of alkyl halides is 4. The van der Waals surface area contributed by atoms with Gasteiger partial charge in [-0.05, 0) is 5.56 Å². The van der Waals surface area contributed by atoms with E-state index >= 15 is 0 Å². The Kier molecular flexibility index (Phi) is 4.22.